The highest BCUT2D eigenvalue weighted by Gasteiger charge is 2.19. The lowest BCUT2D eigenvalue weighted by atomic mass is 9.97. The Balaban J connectivity index is 2.03. The molecule has 6 heteroatoms. The molecule has 0 unspecified atom stereocenters. The van der Waals surface area contributed by atoms with Crippen molar-refractivity contribution in [2.24, 2.45) is 5.92 Å². The van der Waals surface area contributed by atoms with E-state index in [1.165, 1.54) is 25.9 Å². The normalized spacial score (nSPS) is 17.0. The second-order valence-electron chi connectivity index (χ2n) is 5.76. The fourth-order valence-electron chi connectivity index (χ4n) is 2.70. The quantitative estimate of drug-likeness (QED) is 0.643. The van der Waals surface area contributed by atoms with Gasteiger partial charge in [-0.2, -0.15) is 0 Å². The molecule has 0 aromatic carbocycles. The van der Waals surface area contributed by atoms with Crippen molar-refractivity contribution in [2.45, 2.75) is 24.9 Å². The summed E-state index contributed by atoms with van der Waals surface area (Å²) in [6, 6.07) is 2.05. The van der Waals surface area contributed by atoms with Crippen LogP contribution in [0.2, 0.25) is 0 Å². The van der Waals surface area contributed by atoms with E-state index in [1.54, 1.807) is 11.8 Å². The van der Waals surface area contributed by atoms with Crippen molar-refractivity contribution < 1.29 is 0 Å². The number of hydrogen-bond acceptors (Lipinski definition) is 6. The minimum atomic E-state index is 0.765. The highest BCUT2D eigenvalue weighted by Crippen LogP contribution is 2.23. The Kier molecular flexibility index (Phi) is 6.11. The Labute approximate surface area is 132 Å². The van der Waals surface area contributed by atoms with Gasteiger partial charge in [0, 0.05) is 26.2 Å². The molecule has 1 fully saturated rings. The highest BCUT2D eigenvalue weighted by atomic mass is 32.2. The molecule has 0 radical (unpaired) electrons. The van der Waals surface area contributed by atoms with Gasteiger partial charge in [-0.1, -0.05) is 11.8 Å². The SMILES string of the molecule is CCNc1cc(N(C)CC2CCN(C)CC2)nc(SC)n1. The van der Waals surface area contributed by atoms with Gasteiger partial charge in [-0.05, 0) is 52.1 Å². The zero-order valence-electron chi connectivity index (χ0n) is 13.6. The molecule has 2 heterocycles. The predicted molar refractivity (Wildman–Crippen MR) is 91.5 cm³/mol. The summed E-state index contributed by atoms with van der Waals surface area (Å²) in [5.41, 5.74) is 0. The van der Waals surface area contributed by atoms with Gasteiger partial charge in [0.25, 0.3) is 0 Å². The maximum atomic E-state index is 4.64. The summed E-state index contributed by atoms with van der Waals surface area (Å²) in [5, 5.41) is 4.12. The third-order valence-corrected chi connectivity index (χ3v) is 4.54. The van der Waals surface area contributed by atoms with Crippen LogP contribution in [0.15, 0.2) is 11.2 Å². The lowest BCUT2D eigenvalue weighted by Gasteiger charge is -2.32. The molecule has 0 atom stereocenters. The molecular formula is C15H27N5S. The molecule has 1 aromatic heterocycles. The van der Waals surface area contributed by atoms with Gasteiger partial charge in [0.1, 0.15) is 11.6 Å². The van der Waals surface area contributed by atoms with Gasteiger partial charge in [-0.15, -0.1) is 0 Å². The largest absolute Gasteiger partial charge is 0.370 e. The first-order chi connectivity index (χ1) is 10.1. The fraction of sp³-hybridized carbons (Fsp3) is 0.733. The van der Waals surface area contributed by atoms with Crippen LogP contribution >= 0.6 is 11.8 Å². The second-order valence-corrected chi connectivity index (χ2v) is 6.53. The number of rotatable bonds is 6. The summed E-state index contributed by atoms with van der Waals surface area (Å²) >= 11 is 1.59. The van der Waals surface area contributed by atoms with Crippen molar-refractivity contribution in [1.29, 1.82) is 0 Å². The topological polar surface area (TPSA) is 44.3 Å². The lowest BCUT2D eigenvalue weighted by molar-refractivity contribution is 0.222. The maximum absolute atomic E-state index is 4.64. The average molecular weight is 309 g/mol. The predicted octanol–water partition coefficient (Wildman–Crippen LogP) is 2.41. The highest BCUT2D eigenvalue weighted by molar-refractivity contribution is 7.98. The van der Waals surface area contributed by atoms with Crippen molar-refractivity contribution in [3.8, 4) is 0 Å². The average Bonchev–Trinajstić information content (AvgIpc) is 2.49. The maximum Gasteiger partial charge on any atom is 0.191 e. The molecule has 0 bridgehead atoms. The van der Waals surface area contributed by atoms with Crippen molar-refractivity contribution in [2.75, 3.05) is 56.7 Å². The number of nitrogens with one attached hydrogen (secondary N) is 1. The van der Waals surface area contributed by atoms with E-state index in [0.29, 0.717) is 0 Å². The van der Waals surface area contributed by atoms with Gasteiger partial charge in [0.15, 0.2) is 5.16 Å². The van der Waals surface area contributed by atoms with Gasteiger partial charge >= 0.3 is 0 Å². The minimum Gasteiger partial charge on any atom is -0.370 e. The molecule has 5 nitrogen and oxygen atoms in total. The Hall–Kier alpha value is -1.01. The molecule has 2 rings (SSSR count). The number of anilines is 2. The minimum absolute atomic E-state index is 0.765. The van der Waals surface area contributed by atoms with Crippen molar-refractivity contribution in [3.63, 3.8) is 0 Å². The third-order valence-electron chi connectivity index (χ3n) is 3.99. The van der Waals surface area contributed by atoms with Crippen LogP contribution in [0.1, 0.15) is 19.8 Å². The molecule has 1 saturated heterocycles. The second kappa shape index (κ2) is 7.84. The number of thioether (sulfide) groups is 1. The first kappa shape index (κ1) is 16.4. The molecule has 0 aliphatic carbocycles. The Bertz CT molecular complexity index is 446. The molecule has 1 aliphatic heterocycles. The van der Waals surface area contributed by atoms with E-state index in [4.69, 9.17) is 0 Å². The van der Waals surface area contributed by atoms with Crippen LogP contribution in [0.25, 0.3) is 0 Å². The zero-order valence-corrected chi connectivity index (χ0v) is 14.4. The van der Waals surface area contributed by atoms with E-state index in [1.807, 2.05) is 6.26 Å². The summed E-state index contributed by atoms with van der Waals surface area (Å²) < 4.78 is 0. The van der Waals surface area contributed by atoms with Crippen LogP contribution in [-0.4, -0.2) is 61.4 Å². The summed E-state index contributed by atoms with van der Waals surface area (Å²) in [6.07, 6.45) is 4.58. The standard InChI is InChI=1S/C15H27N5S/c1-5-16-13-10-14(18-15(17-13)21-4)20(3)11-12-6-8-19(2)9-7-12/h10,12H,5-9,11H2,1-4H3,(H,16,17,18). The Morgan fingerprint density at radius 2 is 2.10 bits per heavy atom. The first-order valence-electron chi connectivity index (χ1n) is 7.69. The first-order valence-corrected chi connectivity index (χ1v) is 8.91. The number of piperidine rings is 1. The van der Waals surface area contributed by atoms with E-state index in [2.05, 4.69) is 52.2 Å². The Morgan fingerprint density at radius 3 is 2.71 bits per heavy atom. The molecule has 118 valence electrons. The van der Waals surface area contributed by atoms with Crippen molar-refractivity contribution in [1.82, 2.24) is 14.9 Å². The van der Waals surface area contributed by atoms with Gasteiger partial charge in [0.2, 0.25) is 0 Å². The van der Waals surface area contributed by atoms with Gasteiger partial charge in [0.05, 0.1) is 0 Å². The monoisotopic (exact) mass is 309 g/mol. The molecular weight excluding hydrogens is 282 g/mol. The van der Waals surface area contributed by atoms with Gasteiger partial charge < -0.3 is 15.1 Å². The van der Waals surface area contributed by atoms with Crippen molar-refractivity contribution >= 4 is 23.4 Å². The smallest absolute Gasteiger partial charge is 0.191 e. The van der Waals surface area contributed by atoms with E-state index < -0.39 is 0 Å². The molecule has 1 aromatic rings. The molecule has 0 saturated carbocycles. The van der Waals surface area contributed by atoms with Crippen LogP contribution < -0.4 is 10.2 Å². The van der Waals surface area contributed by atoms with Crippen molar-refractivity contribution in [3.05, 3.63) is 6.07 Å². The van der Waals surface area contributed by atoms with E-state index in [0.717, 1.165) is 35.8 Å². The fourth-order valence-corrected chi connectivity index (χ4v) is 3.07. The summed E-state index contributed by atoms with van der Waals surface area (Å²) in [7, 11) is 4.35. The molecule has 21 heavy (non-hydrogen) atoms. The zero-order chi connectivity index (χ0) is 15.2. The molecule has 0 spiro atoms. The number of nitrogens with zero attached hydrogens (tertiary/aromatic N) is 4. The summed E-state index contributed by atoms with van der Waals surface area (Å²) in [4.78, 5) is 13.8. The van der Waals surface area contributed by atoms with Crippen LogP contribution in [0.3, 0.4) is 0 Å². The molecule has 1 N–H and O–H groups in total. The third kappa shape index (κ3) is 4.74. The number of aromatic nitrogens is 2. The van der Waals surface area contributed by atoms with Crippen LogP contribution in [0.4, 0.5) is 11.6 Å². The van der Waals surface area contributed by atoms with E-state index >= 15 is 0 Å². The van der Waals surface area contributed by atoms with Gasteiger partial charge in [-0.25, -0.2) is 9.97 Å². The number of likely N-dealkylation sites (tertiary alicyclic amines) is 1. The molecule has 1 aliphatic rings. The van der Waals surface area contributed by atoms with E-state index in [-0.39, 0.29) is 0 Å². The van der Waals surface area contributed by atoms with Crippen LogP contribution in [0, 0.1) is 5.92 Å². The van der Waals surface area contributed by atoms with Gasteiger partial charge in [-0.3, -0.25) is 0 Å². The van der Waals surface area contributed by atoms with E-state index in [9.17, 15) is 0 Å². The summed E-state index contributed by atoms with van der Waals surface area (Å²) in [6.45, 7) is 6.46. The molecule has 0 amide bonds. The van der Waals surface area contributed by atoms with Crippen LogP contribution in [0.5, 0.6) is 0 Å². The number of hydrogen-bond donors (Lipinski definition) is 1. The summed E-state index contributed by atoms with van der Waals surface area (Å²) in [5.74, 6) is 2.70. The van der Waals surface area contributed by atoms with Crippen LogP contribution in [-0.2, 0) is 0 Å². The Morgan fingerprint density at radius 1 is 1.38 bits per heavy atom. The lowest BCUT2D eigenvalue weighted by Crippen LogP contribution is -2.36.